The van der Waals surface area contributed by atoms with Gasteiger partial charge in [0.15, 0.2) is 0 Å². The highest BCUT2D eigenvalue weighted by molar-refractivity contribution is 5.75. The quantitative estimate of drug-likeness (QED) is 0.738. The predicted octanol–water partition coefficient (Wildman–Crippen LogP) is 0.798. The van der Waals surface area contributed by atoms with Crippen molar-refractivity contribution in [1.29, 1.82) is 0 Å². The van der Waals surface area contributed by atoms with Gasteiger partial charge in [-0.1, -0.05) is 0 Å². The lowest BCUT2D eigenvalue weighted by atomic mass is 9.74. The molecule has 5 nitrogen and oxygen atoms in total. The molecular formula is C13H26N2O3. The van der Waals surface area contributed by atoms with E-state index in [0.29, 0.717) is 0 Å². The highest BCUT2D eigenvalue weighted by Gasteiger charge is 2.42. The standard InChI is InChI=1S/C13H26N2O3/c1-12(2,11(16)17)13(3,4)14-5-6-15-7-9-18-10-8-15/h14H,5-10H2,1-4H3,(H,16,17). The number of hydrogen-bond acceptors (Lipinski definition) is 4. The van der Waals surface area contributed by atoms with Gasteiger partial charge in [-0.25, -0.2) is 0 Å². The van der Waals surface area contributed by atoms with Crippen LogP contribution in [0.15, 0.2) is 0 Å². The fourth-order valence-corrected chi connectivity index (χ4v) is 1.84. The molecule has 0 amide bonds. The monoisotopic (exact) mass is 258 g/mol. The second-order valence-electron chi connectivity index (χ2n) is 5.94. The first-order valence-electron chi connectivity index (χ1n) is 6.56. The second-order valence-corrected chi connectivity index (χ2v) is 5.94. The zero-order valence-electron chi connectivity index (χ0n) is 12.0. The molecule has 0 aliphatic carbocycles. The van der Waals surface area contributed by atoms with E-state index in [0.717, 1.165) is 39.4 Å². The lowest BCUT2D eigenvalue weighted by Gasteiger charge is -2.39. The van der Waals surface area contributed by atoms with E-state index in [1.807, 2.05) is 13.8 Å². The summed E-state index contributed by atoms with van der Waals surface area (Å²) >= 11 is 0. The summed E-state index contributed by atoms with van der Waals surface area (Å²) in [5, 5.41) is 12.6. The lowest BCUT2D eigenvalue weighted by Crippen LogP contribution is -2.56. The van der Waals surface area contributed by atoms with Gasteiger partial charge in [0.1, 0.15) is 0 Å². The Bertz CT molecular complexity index is 284. The van der Waals surface area contributed by atoms with Crippen molar-refractivity contribution >= 4 is 5.97 Å². The van der Waals surface area contributed by atoms with Crippen molar-refractivity contribution in [2.75, 3.05) is 39.4 Å². The molecule has 1 rings (SSSR count). The van der Waals surface area contributed by atoms with Crippen molar-refractivity contribution < 1.29 is 14.6 Å². The average Bonchev–Trinajstić information content (AvgIpc) is 2.29. The van der Waals surface area contributed by atoms with Crippen LogP contribution < -0.4 is 5.32 Å². The van der Waals surface area contributed by atoms with Gasteiger partial charge in [0.05, 0.1) is 18.6 Å². The average molecular weight is 258 g/mol. The number of morpholine rings is 1. The van der Waals surface area contributed by atoms with Crippen molar-refractivity contribution in [1.82, 2.24) is 10.2 Å². The predicted molar refractivity (Wildman–Crippen MR) is 70.8 cm³/mol. The van der Waals surface area contributed by atoms with Crippen LogP contribution in [0.25, 0.3) is 0 Å². The SMILES string of the molecule is CC(C)(NCCN1CCOCC1)C(C)(C)C(=O)O. The van der Waals surface area contributed by atoms with Gasteiger partial charge in [-0.2, -0.15) is 0 Å². The summed E-state index contributed by atoms with van der Waals surface area (Å²) in [6, 6.07) is 0. The topological polar surface area (TPSA) is 61.8 Å². The molecule has 2 N–H and O–H groups in total. The first-order valence-corrected chi connectivity index (χ1v) is 6.56. The number of rotatable bonds is 6. The van der Waals surface area contributed by atoms with Gasteiger partial charge < -0.3 is 15.2 Å². The fraction of sp³-hybridized carbons (Fsp3) is 0.923. The second kappa shape index (κ2) is 5.99. The van der Waals surface area contributed by atoms with Crippen LogP contribution in [-0.2, 0) is 9.53 Å². The minimum Gasteiger partial charge on any atom is -0.481 e. The third kappa shape index (κ3) is 3.67. The number of carbonyl (C=O) groups is 1. The molecule has 18 heavy (non-hydrogen) atoms. The number of nitrogens with one attached hydrogen (secondary N) is 1. The van der Waals surface area contributed by atoms with Crippen molar-refractivity contribution in [2.24, 2.45) is 5.41 Å². The molecular weight excluding hydrogens is 232 g/mol. The molecule has 0 aromatic rings. The summed E-state index contributed by atoms with van der Waals surface area (Å²) in [6.07, 6.45) is 0. The summed E-state index contributed by atoms with van der Waals surface area (Å²) in [5.41, 5.74) is -1.23. The van der Waals surface area contributed by atoms with Crippen LogP contribution >= 0.6 is 0 Å². The smallest absolute Gasteiger partial charge is 0.310 e. The number of hydrogen-bond donors (Lipinski definition) is 2. The van der Waals surface area contributed by atoms with E-state index in [1.54, 1.807) is 13.8 Å². The molecule has 0 saturated carbocycles. The van der Waals surface area contributed by atoms with Gasteiger partial charge in [0.2, 0.25) is 0 Å². The molecule has 0 bridgehead atoms. The molecule has 0 atom stereocenters. The number of carboxylic acids is 1. The van der Waals surface area contributed by atoms with E-state index < -0.39 is 16.9 Å². The Kier molecular flexibility index (Phi) is 5.13. The Morgan fingerprint density at radius 2 is 1.83 bits per heavy atom. The Morgan fingerprint density at radius 3 is 2.33 bits per heavy atom. The van der Waals surface area contributed by atoms with Crippen LogP contribution in [0.4, 0.5) is 0 Å². The van der Waals surface area contributed by atoms with Crippen molar-refractivity contribution in [3.8, 4) is 0 Å². The highest BCUT2D eigenvalue weighted by atomic mass is 16.5. The number of aliphatic carboxylic acids is 1. The van der Waals surface area contributed by atoms with Gasteiger partial charge >= 0.3 is 5.97 Å². The van der Waals surface area contributed by atoms with Crippen LogP contribution in [-0.4, -0.2) is 60.9 Å². The Morgan fingerprint density at radius 1 is 1.28 bits per heavy atom. The maximum Gasteiger partial charge on any atom is 0.310 e. The molecule has 1 fully saturated rings. The van der Waals surface area contributed by atoms with Crippen LogP contribution in [0.1, 0.15) is 27.7 Å². The maximum atomic E-state index is 11.3. The Hall–Kier alpha value is -0.650. The van der Waals surface area contributed by atoms with Gasteiger partial charge in [0, 0.05) is 31.7 Å². The summed E-state index contributed by atoms with van der Waals surface area (Å²) in [5.74, 6) is -0.772. The molecule has 0 aromatic heterocycles. The minimum atomic E-state index is -0.794. The molecule has 0 aromatic carbocycles. The first-order chi connectivity index (χ1) is 8.27. The summed E-state index contributed by atoms with van der Waals surface area (Å²) in [6.45, 7) is 12.7. The normalized spacial score (nSPS) is 18.9. The van der Waals surface area contributed by atoms with E-state index in [1.165, 1.54) is 0 Å². The van der Waals surface area contributed by atoms with Gasteiger partial charge in [-0.3, -0.25) is 9.69 Å². The minimum absolute atomic E-state index is 0.439. The van der Waals surface area contributed by atoms with Crippen LogP contribution in [0.5, 0.6) is 0 Å². The lowest BCUT2D eigenvalue weighted by molar-refractivity contribution is -0.151. The maximum absolute atomic E-state index is 11.3. The van der Waals surface area contributed by atoms with E-state index in [-0.39, 0.29) is 0 Å². The zero-order valence-corrected chi connectivity index (χ0v) is 12.0. The summed E-state index contributed by atoms with van der Waals surface area (Å²) in [7, 11) is 0. The molecule has 106 valence electrons. The molecule has 1 aliphatic heterocycles. The number of ether oxygens (including phenoxy) is 1. The van der Waals surface area contributed by atoms with Crippen molar-refractivity contribution in [2.45, 2.75) is 33.2 Å². The van der Waals surface area contributed by atoms with Crippen LogP contribution in [0.2, 0.25) is 0 Å². The third-order valence-electron chi connectivity index (χ3n) is 4.20. The van der Waals surface area contributed by atoms with Crippen molar-refractivity contribution in [3.05, 3.63) is 0 Å². The molecule has 0 radical (unpaired) electrons. The van der Waals surface area contributed by atoms with E-state index in [4.69, 9.17) is 4.74 Å². The number of nitrogens with zero attached hydrogens (tertiary/aromatic N) is 1. The highest BCUT2D eigenvalue weighted by Crippen LogP contribution is 2.30. The van der Waals surface area contributed by atoms with E-state index in [2.05, 4.69) is 10.2 Å². The van der Waals surface area contributed by atoms with E-state index >= 15 is 0 Å². The van der Waals surface area contributed by atoms with Gasteiger partial charge in [0.25, 0.3) is 0 Å². The Labute approximate surface area is 109 Å². The molecule has 1 saturated heterocycles. The third-order valence-corrected chi connectivity index (χ3v) is 4.20. The molecule has 0 unspecified atom stereocenters. The summed E-state index contributed by atoms with van der Waals surface area (Å²) in [4.78, 5) is 13.6. The Balaban J connectivity index is 2.39. The van der Waals surface area contributed by atoms with Crippen molar-refractivity contribution in [3.63, 3.8) is 0 Å². The van der Waals surface area contributed by atoms with Crippen LogP contribution in [0.3, 0.4) is 0 Å². The zero-order chi connectivity index (χ0) is 13.8. The number of carboxylic acid groups (broad SMARTS) is 1. The molecule has 0 spiro atoms. The summed E-state index contributed by atoms with van der Waals surface area (Å²) < 4.78 is 5.29. The fourth-order valence-electron chi connectivity index (χ4n) is 1.84. The van der Waals surface area contributed by atoms with Crippen LogP contribution in [0, 0.1) is 5.41 Å². The van der Waals surface area contributed by atoms with Gasteiger partial charge in [-0.05, 0) is 27.7 Å². The van der Waals surface area contributed by atoms with Gasteiger partial charge in [-0.15, -0.1) is 0 Å². The molecule has 1 heterocycles. The van der Waals surface area contributed by atoms with E-state index in [9.17, 15) is 9.90 Å². The molecule has 1 aliphatic rings. The largest absolute Gasteiger partial charge is 0.481 e. The first kappa shape index (κ1) is 15.4. The molecule has 5 heteroatoms.